The Kier molecular flexibility index (Phi) is 7.26. The molecular weight excluding hydrogens is 474 g/mol. The number of hydroxylamine groups is 2. The number of rotatable bonds is 9. The molecule has 2 aromatic carbocycles. The molecule has 0 aliphatic carbocycles. The van der Waals surface area contributed by atoms with Crippen molar-refractivity contribution in [3.8, 4) is 23.0 Å². The Morgan fingerprint density at radius 3 is 2.69 bits per heavy atom. The lowest BCUT2D eigenvalue weighted by Gasteiger charge is -2.23. The second kappa shape index (κ2) is 10.5. The Bertz CT molecular complexity index is 1250. The van der Waals surface area contributed by atoms with Crippen molar-refractivity contribution in [3.05, 3.63) is 64.4 Å². The molecule has 0 unspecified atom stereocenters. The topological polar surface area (TPSA) is 103 Å². The number of nitrogens with one attached hydrogen (secondary N) is 1. The normalized spacial score (nSPS) is 15.9. The molecule has 0 radical (unpaired) electrons. The van der Waals surface area contributed by atoms with Gasteiger partial charge in [-0.1, -0.05) is 17.7 Å². The molecule has 0 fully saturated rings. The van der Waals surface area contributed by atoms with Gasteiger partial charge in [-0.05, 0) is 49.8 Å². The van der Waals surface area contributed by atoms with Gasteiger partial charge in [0, 0.05) is 12.1 Å². The molecule has 0 aromatic heterocycles. The van der Waals surface area contributed by atoms with Crippen LogP contribution in [0.4, 0.5) is 0 Å². The van der Waals surface area contributed by atoms with E-state index in [0.29, 0.717) is 40.9 Å². The monoisotopic (exact) mass is 497 g/mol. The van der Waals surface area contributed by atoms with E-state index >= 15 is 0 Å². The quantitative estimate of drug-likeness (QED) is 0.397. The number of ether oxygens (including phenoxy) is 4. The molecule has 2 aromatic rings. The second-order valence-electron chi connectivity index (χ2n) is 7.46. The van der Waals surface area contributed by atoms with Gasteiger partial charge in [0.2, 0.25) is 0 Å². The van der Waals surface area contributed by atoms with Crippen LogP contribution in [0.3, 0.4) is 0 Å². The molecular formula is C25H24ClN3O6. The van der Waals surface area contributed by atoms with E-state index in [1.54, 1.807) is 38.3 Å². The van der Waals surface area contributed by atoms with Crippen LogP contribution >= 0.6 is 11.6 Å². The van der Waals surface area contributed by atoms with Crippen LogP contribution in [0.2, 0.25) is 5.02 Å². The van der Waals surface area contributed by atoms with Gasteiger partial charge in [-0.2, -0.15) is 4.99 Å². The highest BCUT2D eigenvalue weighted by molar-refractivity contribution is 6.33. The van der Waals surface area contributed by atoms with E-state index in [1.165, 1.54) is 11.1 Å². The summed E-state index contributed by atoms with van der Waals surface area (Å²) < 4.78 is 22.5. The zero-order valence-corrected chi connectivity index (χ0v) is 20.2. The minimum absolute atomic E-state index is 0.0655. The number of carbonyl (C=O) groups is 1. The van der Waals surface area contributed by atoms with Gasteiger partial charge in [0.05, 0.1) is 24.3 Å². The molecule has 0 saturated carbocycles. The number of methoxy groups -OCH3 is 1. The van der Waals surface area contributed by atoms with Crippen molar-refractivity contribution in [2.75, 3.05) is 26.9 Å². The van der Waals surface area contributed by atoms with Crippen molar-refractivity contribution in [1.29, 1.82) is 5.41 Å². The Balaban J connectivity index is 1.49. The van der Waals surface area contributed by atoms with E-state index in [9.17, 15) is 4.79 Å². The summed E-state index contributed by atoms with van der Waals surface area (Å²) >= 11 is 6.50. The summed E-state index contributed by atoms with van der Waals surface area (Å²) in [6.07, 6.45) is 3.11. The van der Waals surface area contributed by atoms with Crippen molar-refractivity contribution in [1.82, 2.24) is 5.06 Å². The van der Waals surface area contributed by atoms with Crippen LogP contribution < -0.4 is 18.9 Å². The number of aliphatic imine (C=N–C) groups is 1. The number of carbonyl (C=O) groups excluding carboxylic acids is 1. The molecule has 1 amide bonds. The van der Waals surface area contributed by atoms with E-state index in [1.807, 2.05) is 25.1 Å². The third-order valence-corrected chi connectivity index (χ3v) is 5.24. The minimum Gasteiger partial charge on any atom is -0.497 e. The van der Waals surface area contributed by atoms with Crippen LogP contribution in [-0.4, -0.2) is 49.6 Å². The SMILES string of the molecule is CCOc1cc(/C=C2\C(=N)N3OC(C)=CC3=NC2=O)cc(Cl)c1OCCOc1cccc(OC)c1. The second-order valence-corrected chi connectivity index (χ2v) is 7.87. The highest BCUT2D eigenvalue weighted by Crippen LogP contribution is 2.38. The molecule has 35 heavy (non-hydrogen) atoms. The van der Waals surface area contributed by atoms with Gasteiger partial charge >= 0.3 is 0 Å². The highest BCUT2D eigenvalue weighted by Gasteiger charge is 2.34. The van der Waals surface area contributed by atoms with Crippen LogP contribution in [-0.2, 0) is 9.63 Å². The summed E-state index contributed by atoms with van der Waals surface area (Å²) in [4.78, 5) is 22.0. The van der Waals surface area contributed by atoms with Gasteiger partial charge in [0.1, 0.15) is 30.5 Å². The predicted molar refractivity (Wildman–Crippen MR) is 131 cm³/mol. The van der Waals surface area contributed by atoms with Gasteiger partial charge in [-0.25, -0.2) is 0 Å². The number of nitrogens with zero attached hydrogens (tertiary/aromatic N) is 2. The summed E-state index contributed by atoms with van der Waals surface area (Å²) in [5.74, 6) is 2.29. The lowest BCUT2D eigenvalue weighted by Crippen LogP contribution is -2.38. The first-order valence-electron chi connectivity index (χ1n) is 10.9. The first-order chi connectivity index (χ1) is 16.9. The molecule has 182 valence electrons. The number of hydrogen-bond donors (Lipinski definition) is 1. The zero-order chi connectivity index (χ0) is 24.9. The van der Waals surface area contributed by atoms with Crippen molar-refractivity contribution >= 4 is 35.3 Å². The number of amidine groups is 2. The summed E-state index contributed by atoms with van der Waals surface area (Å²) in [6.45, 7) is 4.43. The van der Waals surface area contributed by atoms with Gasteiger partial charge in [0.15, 0.2) is 23.2 Å². The van der Waals surface area contributed by atoms with Crippen molar-refractivity contribution in [2.24, 2.45) is 4.99 Å². The predicted octanol–water partition coefficient (Wildman–Crippen LogP) is 4.66. The molecule has 9 nitrogen and oxygen atoms in total. The Morgan fingerprint density at radius 2 is 1.91 bits per heavy atom. The van der Waals surface area contributed by atoms with E-state index in [-0.39, 0.29) is 35.5 Å². The molecule has 0 saturated heterocycles. The largest absolute Gasteiger partial charge is 0.497 e. The lowest BCUT2D eigenvalue weighted by molar-refractivity contribution is -0.114. The van der Waals surface area contributed by atoms with E-state index in [4.69, 9.17) is 40.8 Å². The highest BCUT2D eigenvalue weighted by atomic mass is 35.5. The molecule has 0 atom stereocenters. The van der Waals surface area contributed by atoms with E-state index in [0.717, 1.165) is 0 Å². The van der Waals surface area contributed by atoms with Gasteiger partial charge in [0.25, 0.3) is 5.91 Å². The average Bonchev–Trinajstić information content (AvgIpc) is 3.21. The van der Waals surface area contributed by atoms with Crippen LogP contribution in [0.15, 0.2) is 58.8 Å². The Labute approximate surface area is 207 Å². The average molecular weight is 498 g/mol. The van der Waals surface area contributed by atoms with Crippen LogP contribution in [0.1, 0.15) is 19.4 Å². The van der Waals surface area contributed by atoms with Crippen molar-refractivity contribution < 1.29 is 28.6 Å². The van der Waals surface area contributed by atoms with Crippen molar-refractivity contribution in [3.63, 3.8) is 0 Å². The molecule has 0 bridgehead atoms. The summed E-state index contributed by atoms with van der Waals surface area (Å²) in [5, 5.41) is 9.86. The Morgan fingerprint density at radius 1 is 1.14 bits per heavy atom. The van der Waals surface area contributed by atoms with Crippen LogP contribution in [0.25, 0.3) is 6.08 Å². The van der Waals surface area contributed by atoms with Crippen LogP contribution in [0.5, 0.6) is 23.0 Å². The number of halogens is 1. The molecule has 0 spiro atoms. The van der Waals surface area contributed by atoms with E-state index < -0.39 is 5.91 Å². The first-order valence-corrected chi connectivity index (χ1v) is 11.2. The fourth-order valence-electron chi connectivity index (χ4n) is 3.44. The zero-order valence-electron chi connectivity index (χ0n) is 19.5. The molecule has 1 N–H and O–H groups in total. The molecule has 10 heteroatoms. The molecule has 4 rings (SSSR count). The smallest absolute Gasteiger partial charge is 0.282 e. The molecule has 2 aliphatic rings. The third-order valence-electron chi connectivity index (χ3n) is 4.96. The van der Waals surface area contributed by atoms with Gasteiger partial charge < -0.3 is 23.8 Å². The van der Waals surface area contributed by atoms with Crippen LogP contribution in [0, 0.1) is 5.41 Å². The third kappa shape index (κ3) is 5.41. The fraction of sp³-hybridized carbons (Fsp3) is 0.240. The van der Waals surface area contributed by atoms with Gasteiger partial charge in [-0.15, -0.1) is 5.06 Å². The number of amides is 1. The maximum atomic E-state index is 12.5. The summed E-state index contributed by atoms with van der Waals surface area (Å²) in [6, 6.07) is 10.6. The maximum absolute atomic E-state index is 12.5. The lowest BCUT2D eigenvalue weighted by atomic mass is 10.1. The number of hydrogen-bond acceptors (Lipinski definition) is 7. The number of allylic oxidation sites excluding steroid dienone is 1. The standard InChI is InChI=1S/C25H24ClN3O6/c1-4-32-21-13-16(11-19-24(27)29-22(28-25(19)30)10-15(2)35-29)12-20(26)23(21)34-9-8-33-18-7-5-6-17(14-18)31-3/h5-7,10-14,27H,4,8-9H2,1-3H3/b19-11+,27-24?. The number of fused-ring (bicyclic) bond motifs is 1. The molecule has 2 heterocycles. The number of benzene rings is 2. The Hall–Kier alpha value is -3.98. The maximum Gasteiger partial charge on any atom is 0.282 e. The summed E-state index contributed by atoms with van der Waals surface area (Å²) in [5.41, 5.74) is 0.616. The fourth-order valence-corrected chi connectivity index (χ4v) is 3.71. The minimum atomic E-state index is -0.542. The molecule has 2 aliphatic heterocycles. The van der Waals surface area contributed by atoms with E-state index in [2.05, 4.69) is 4.99 Å². The van der Waals surface area contributed by atoms with Crippen molar-refractivity contribution in [2.45, 2.75) is 13.8 Å². The van der Waals surface area contributed by atoms with Gasteiger partial charge in [-0.3, -0.25) is 10.2 Å². The summed E-state index contributed by atoms with van der Waals surface area (Å²) in [7, 11) is 1.59. The first kappa shape index (κ1) is 24.2.